The molecule has 0 aliphatic rings. The Morgan fingerprint density at radius 3 is 2.30 bits per heavy atom. The Hall–Kier alpha value is -1.11. The van der Waals surface area contributed by atoms with Crippen molar-refractivity contribution in [1.29, 1.82) is 0 Å². The van der Waals surface area contributed by atoms with Gasteiger partial charge in [-0.2, -0.15) is 0 Å². The molecule has 5 nitrogen and oxygen atoms in total. The molecule has 0 spiro atoms. The third-order valence-corrected chi connectivity index (χ3v) is 4.42. The van der Waals surface area contributed by atoms with Gasteiger partial charge in [0.2, 0.25) is 10.0 Å². The Labute approximate surface area is 121 Å². The van der Waals surface area contributed by atoms with Crippen LogP contribution in [-0.2, 0) is 10.0 Å². The molecule has 0 amide bonds. The second-order valence-corrected chi connectivity index (χ2v) is 6.69. The molecule has 1 aromatic carbocycles. The van der Waals surface area contributed by atoms with Crippen molar-refractivity contribution in [2.24, 2.45) is 5.92 Å². The summed E-state index contributed by atoms with van der Waals surface area (Å²) >= 11 is 0. The lowest BCUT2D eigenvalue weighted by Gasteiger charge is -2.19. The summed E-state index contributed by atoms with van der Waals surface area (Å²) in [7, 11) is -3.62. The third kappa shape index (κ3) is 4.77. The Morgan fingerprint density at radius 1 is 1.25 bits per heavy atom. The zero-order valence-corrected chi connectivity index (χ0v) is 13.0. The van der Waals surface area contributed by atoms with E-state index >= 15 is 0 Å². The minimum atomic E-state index is -3.62. The second kappa shape index (κ2) is 7.61. The SMILES string of the molecule is CCCOc1ccc(S(=O)(=O)NC(CO)C(C)C)cc1. The maximum atomic E-state index is 12.2. The van der Waals surface area contributed by atoms with Gasteiger partial charge in [-0.1, -0.05) is 20.8 Å². The average Bonchev–Trinajstić information content (AvgIpc) is 2.42. The maximum Gasteiger partial charge on any atom is 0.240 e. The fourth-order valence-corrected chi connectivity index (χ4v) is 2.96. The Balaban J connectivity index is 2.82. The Morgan fingerprint density at radius 2 is 1.85 bits per heavy atom. The molecule has 0 saturated carbocycles. The summed E-state index contributed by atoms with van der Waals surface area (Å²) in [5, 5.41) is 9.20. The van der Waals surface area contributed by atoms with E-state index in [1.54, 1.807) is 12.1 Å². The summed E-state index contributed by atoms with van der Waals surface area (Å²) in [5.74, 6) is 0.662. The molecule has 1 rings (SSSR count). The van der Waals surface area contributed by atoms with Crippen LogP contribution in [0.3, 0.4) is 0 Å². The molecule has 1 atom stereocenters. The molecule has 20 heavy (non-hydrogen) atoms. The highest BCUT2D eigenvalue weighted by Crippen LogP contribution is 2.17. The van der Waals surface area contributed by atoms with Crippen LogP contribution in [0.2, 0.25) is 0 Å². The number of rotatable bonds is 8. The van der Waals surface area contributed by atoms with Gasteiger partial charge in [-0.15, -0.1) is 0 Å². The highest BCUT2D eigenvalue weighted by atomic mass is 32.2. The van der Waals surface area contributed by atoms with Crippen molar-refractivity contribution in [3.8, 4) is 5.75 Å². The number of aliphatic hydroxyl groups excluding tert-OH is 1. The van der Waals surface area contributed by atoms with E-state index in [1.807, 2.05) is 20.8 Å². The monoisotopic (exact) mass is 301 g/mol. The number of hydrogen-bond donors (Lipinski definition) is 2. The van der Waals surface area contributed by atoms with Crippen LogP contribution in [0.5, 0.6) is 5.75 Å². The molecule has 0 saturated heterocycles. The average molecular weight is 301 g/mol. The van der Waals surface area contributed by atoms with Gasteiger partial charge in [-0.25, -0.2) is 13.1 Å². The van der Waals surface area contributed by atoms with Crippen molar-refractivity contribution < 1.29 is 18.3 Å². The summed E-state index contributed by atoms with van der Waals surface area (Å²) in [6.07, 6.45) is 0.897. The molecule has 0 aromatic heterocycles. The van der Waals surface area contributed by atoms with Crippen molar-refractivity contribution >= 4 is 10.0 Å². The van der Waals surface area contributed by atoms with Gasteiger partial charge < -0.3 is 9.84 Å². The summed E-state index contributed by atoms with van der Waals surface area (Å²) < 4.78 is 32.2. The fraction of sp³-hybridized carbons (Fsp3) is 0.571. The van der Waals surface area contributed by atoms with Crippen LogP contribution in [0.25, 0.3) is 0 Å². The molecule has 6 heteroatoms. The lowest BCUT2D eigenvalue weighted by molar-refractivity contribution is 0.227. The minimum Gasteiger partial charge on any atom is -0.494 e. The normalized spacial score (nSPS) is 13.4. The first-order chi connectivity index (χ1) is 9.40. The smallest absolute Gasteiger partial charge is 0.240 e. The molecule has 0 bridgehead atoms. The Bertz CT molecular complexity index is 496. The number of sulfonamides is 1. The van der Waals surface area contributed by atoms with Crippen LogP contribution in [0.1, 0.15) is 27.2 Å². The van der Waals surface area contributed by atoms with Crippen LogP contribution < -0.4 is 9.46 Å². The first kappa shape index (κ1) is 16.9. The number of hydrogen-bond acceptors (Lipinski definition) is 4. The van der Waals surface area contributed by atoms with Crippen molar-refractivity contribution in [2.75, 3.05) is 13.2 Å². The molecule has 0 aliphatic carbocycles. The topological polar surface area (TPSA) is 75.6 Å². The lowest BCUT2D eigenvalue weighted by atomic mass is 10.1. The van der Waals surface area contributed by atoms with E-state index in [1.165, 1.54) is 12.1 Å². The first-order valence-electron chi connectivity index (χ1n) is 6.76. The van der Waals surface area contributed by atoms with Crippen molar-refractivity contribution in [3.05, 3.63) is 24.3 Å². The predicted molar refractivity (Wildman–Crippen MR) is 78.3 cm³/mol. The third-order valence-electron chi connectivity index (χ3n) is 2.91. The molecule has 114 valence electrons. The van der Waals surface area contributed by atoms with Gasteiger partial charge in [-0.05, 0) is 36.6 Å². The van der Waals surface area contributed by atoms with Crippen molar-refractivity contribution in [1.82, 2.24) is 4.72 Å². The van der Waals surface area contributed by atoms with E-state index in [2.05, 4.69) is 4.72 Å². The molecule has 0 radical (unpaired) electrons. The van der Waals surface area contributed by atoms with E-state index in [0.717, 1.165) is 6.42 Å². The molecular weight excluding hydrogens is 278 g/mol. The quantitative estimate of drug-likeness (QED) is 0.767. The summed E-state index contributed by atoms with van der Waals surface area (Å²) in [5.41, 5.74) is 0. The standard InChI is InChI=1S/C14H23NO4S/c1-4-9-19-12-5-7-13(8-6-12)20(17,18)15-14(10-16)11(2)3/h5-8,11,14-16H,4,9-10H2,1-3H3. The van der Waals surface area contributed by atoms with Gasteiger partial charge in [0.25, 0.3) is 0 Å². The molecule has 0 fully saturated rings. The van der Waals surface area contributed by atoms with Gasteiger partial charge >= 0.3 is 0 Å². The lowest BCUT2D eigenvalue weighted by Crippen LogP contribution is -2.41. The van der Waals surface area contributed by atoms with Gasteiger partial charge in [-0.3, -0.25) is 0 Å². The number of benzene rings is 1. The van der Waals surface area contributed by atoms with Crippen LogP contribution in [0.4, 0.5) is 0 Å². The second-order valence-electron chi connectivity index (χ2n) is 4.97. The largest absolute Gasteiger partial charge is 0.494 e. The zero-order valence-electron chi connectivity index (χ0n) is 12.2. The van der Waals surface area contributed by atoms with E-state index < -0.39 is 16.1 Å². The van der Waals surface area contributed by atoms with Crippen molar-refractivity contribution in [2.45, 2.75) is 38.1 Å². The van der Waals surface area contributed by atoms with E-state index in [9.17, 15) is 13.5 Å². The maximum absolute atomic E-state index is 12.2. The molecule has 0 heterocycles. The molecule has 2 N–H and O–H groups in total. The summed E-state index contributed by atoms with van der Waals surface area (Å²) in [6, 6.07) is 5.78. The molecule has 0 aliphatic heterocycles. The molecule has 1 unspecified atom stereocenters. The summed E-state index contributed by atoms with van der Waals surface area (Å²) in [6.45, 7) is 6.08. The number of aliphatic hydroxyl groups is 1. The van der Waals surface area contributed by atoms with Gasteiger partial charge in [0.05, 0.1) is 18.1 Å². The highest BCUT2D eigenvalue weighted by Gasteiger charge is 2.21. The van der Waals surface area contributed by atoms with Gasteiger partial charge in [0, 0.05) is 6.04 Å². The Kier molecular flexibility index (Phi) is 6.45. The first-order valence-corrected chi connectivity index (χ1v) is 8.25. The van der Waals surface area contributed by atoms with E-state index in [0.29, 0.717) is 12.4 Å². The summed E-state index contributed by atoms with van der Waals surface area (Å²) in [4.78, 5) is 0.167. The van der Waals surface area contributed by atoms with Gasteiger partial charge in [0.1, 0.15) is 5.75 Å². The van der Waals surface area contributed by atoms with Crippen LogP contribution in [-0.4, -0.2) is 32.8 Å². The van der Waals surface area contributed by atoms with Gasteiger partial charge in [0.15, 0.2) is 0 Å². The minimum absolute atomic E-state index is 0.0157. The van der Waals surface area contributed by atoms with Crippen molar-refractivity contribution in [3.63, 3.8) is 0 Å². The van der Waals surface area contributed by atoms with Crippen LogP contribution in [0, 0.1) is 5.92 Å². The van der Waals surface area contributed by atoms with Crippen LogP contribution >= 0.6 is 0 Å². The number of nitrogens with one attached hydrogen (secondary N) is 1. The molecular formula is C14H23NO4S. The zero-order chi connectivity index (χ0) is 15.2. The highest BCUT2D eigenvalue weighted by molar-refractivity contribution is 7.89. The predicted octanol–water partition coefficient (Wildman–Crippen LogP) is 1.77. The van der Waals surface area contributed by atoms with E-state index in [4.69, 9.17) is 4.74 Å². The van der Waals surface area contributed by atoms with E-state index in [-0.39, 0.29) is 17.4 Å². The van der Waals surface area contributed by atoms with Crippen LogP contribution in [0.15, 0.2) is 29.2 Å². The molecule has 1 aromatic rings. The number of ether oxygens (including phenoxy) is 1. The fourth-order valence-electron chi connectivity index (χ4n) is 1.59.